The molecule has 0 unspecified atom stereocenters. The number of amides is 1. The predicted molar refractivity (Wildman–Crippen MR) is 105 cm³/mol. The van der Waals surface area contributed by atoms with Crippen LogP contribution in [-0.2, 0) is 0 Å². The highest BCUT2D eigenvalue weighted by atomic mass is 79.9. The number of carbonyl (C=O) groups is 1. The normalized spacial score (nSPS) is 10.8. The van der Waals surface area contributed by atoms with Gasteiger partial charge in [0.05, 0.1) is 17.8 Å². The quantitative estimate of drug-likeness (QED) is 0.443. The van der Waals surface area contributed by atoms with Crippen LogP contribution < -0.4 is 10.2 Å². The molecule has 132 valence electrons. The number of methoxy groups -OCH3 is 1. The second kappa shape index (κ2) is 8.73. The highest BCUT2D eigenvalue weighted by Gasteiger charge is 2.10. The highest BCUT2D eigenvalue weighted by Crippen LogP contribution is 2.35. The fourth-order valence-electron chi connectivity index (χ4n) is 2.06. The molecule has 3 rings (SSSR count). The fourth-order valence-corrected chi connectivity index (χ4v) is 3.41. The standard InChI is InChI=1S/C19H15BrN2O3S/c1-24-14-9-7-13(8-10-14)18(23)22-21-12-15-11-17(20)19(25-15)26-16-5-3-2-4-6-16/h2-12H,1H3,(H,22,23)/b21-12-. The molecule has 0 saturated heterocycles. The largest absolute Gasteiger partial charge is 0.497 e. The number of benzene rings is 2. The van der Waals surface area contributed by atoms with Gasteiger partial charge in [-0.15, -0.1) is 0 Å². The Morgan fingerprint density at radius 3 is 2.62 bits per heavy atom. The average Bonchev–Trinajstić information content (AvgIpc) is 3.02. The van der Waals surface area contributed by atoms with Gasteiger partial charge in [0.25, 0.3) is 5.91 Å². The molecule has 3 aromatic rings. The molecule has 0 atom stereocenters. The van der Waals surface area contributed by atoms with Crippen molar-refractivity contribution in [2.75, 3.05) is 7.11 Å². The predicted octanol–water partition coefficient (Wildman–Crippen LogP) is 4.97. The Morgan fingerprint density at radius 1 is 1.19 bits per heavy atom. The lowest BCUT2D eigenvalue weighted by atomic mass is 10.2. The van der Waals surface area contributed by atoms with Crippen molar-refractivity contribution >= 4 is 39.8 Å². The molecule has 0 bridgehead atoms. The van der Waals surface area contributed by atoms with Crippen LogP contribution in [0.1, 0.15) is 16.1 Å². The minimum Gasteiger partial charge on any atom is -0.497 e. The first-order valence-electron chi connectivity index (χ1n) is 7.65. The van der Waals surface area contributed by atoms with Gasteiger partial charge in [0.2, 0.25) is 0 Å². The molecule has 0 aliphatic heterocycles. The van der Waals surface area contributed by atoms with Gasteiger partial charge in [-0.25, -0.2) is 5.43 Å². The third-order valence-corrected chi connectivity index (χ3v) is 5.19. The maximum absolute atomic E-state index is 12.0. The van der Waals surface area contributed by atoms with Crippen LogP contribution >= 0.6 is 27.7 Å². The number of hydrogen-bond donors (Lipinski definition) is 1. The fraction of sp³-hybridized carbons (Fsp3) is 0.0526. The van der Waals surface area contributed by atoms with E-state index in [1.807, 2.05) is 30.3 Å². The van der Waals surface area contributed by atoms with E-state index in [4.69, 9.17) is 9.15 Å². The van der Waals surface area contributed by atoms with Gasteiger partial charge < -0.3 is 9.15 Å². The van der Waals surface area contributed by atoms with Gasteiger partial charge in [-0.3, -0.25) is 4.79 Å². The number of hydrogen-bond acceptors (Lipinski definition) is 5. The lowest BCUT2D eigenvalue weighted by Crippen LogP contribution is -2.17. The Morgan fingerprint density at radius 2 is 1.92 bits per heavy atom. The van der Waals surface area contributed by atoms with Crippen molar-refractivity contribution in [3.8, 4) is 5.75 Å². The Labute approximate surface area is 163 Å². The molecule has 0 spiro atoms. The Bertz CT molecular complexity index is 908. The number of rotatable bonds is 6. The molecular formula is C19H15BrN2O3S. The third-order valence-electron chi connectivity index (χ3n) is 3.34. The Kier molecular flexibility index (Phi) is 6.14. The number of nitrogens with zero attached hydrogens (tertiary/aromatic N) is 1. The summed E-state index contributed by atoms with van der Waals surface area (Å²) in [6.07, 6.45) is 1.46. The summed E-state index contributed by atoms with van der Waals surface area (Å²) in [4.78, 5) is 13.1. The molecule has 2 aromatic carbocycles. The molecule has 0 saturated carbocycles. The molecule has 1 N–H and O–H groups in total. The molecule has 0 aliphatic rings. The number of ether oxygens (including phenoxy) is 1. The van der Waals surface area contributed by atoms with E-state index < -0.39 is 0 Å². The van der Waals surface area contributed by atoms with Crippen molar-refractivity contribution in [3.63, 3.8) is 0 Å². The van der Waals surface area contributed by atoms with Gasteiger partial charge >= 0.3 is 0 Å². The number of halogens is 1. The van der Waals surface area contributed by atoms with Crippen molar-refractivity contribution < 1.29 is 13.9 Å². The number of nitrogens with one attached hydrogen (secondary N) is 1. The summed E-state index contributed by atoms with van der Waals surface area (Å²) in [5, 5.41) is 4.66. The second-order valence-electron chi connectivity index (χ2n) is 5.13. The molecule has 1 amide bonds. The number of furan rings is 1. The molecule has 0 fully saturated rings. The number of carbonyl (C=O) groups excluding carboxylic acids is 1. The van der Waals surface area contributed by atoms with Crippen LogP contribution in [0.15, 0.2) is 84.6 Å². The first-order valence-corrected chi connectivity index (χ1v) is 9.26. The molecular weight excluding hydrogens is 416 g/mol. The van der Waals surface area contributed by atoms with Gasteiger partial charge in [0.1, 0.15) is 11.5 Å². The van der Waals surface area contributed by atoms with Gasteiger partial charge in [0.15, 0.2) is 5.09 Å². The zero-order valence-corrected chi connectivity index (χ0v) is 16.2. The van der Waals surface area contributed by atoms with E-state index in [1.165, 1.54) is 18.0 Å². The minimum absolute atomic E-state index is 0.312. The zero-order chi connectivity index (χ0) is 18.4. The topological polar surface area (TPSA) is 63.8 Å². The van der Waals surface area contributed by atoms with E-state index in [9.17, 15) is 4.79 Å². The van der Waals surface area contributed by atoms with Crippen LogP contribution in [0.5, 0.6) is 5.75 Å². The van der Waals surface area contributed by atoms with Crippen molar-refractivity contribution in [2.45, 2.75) is 9.99 Å². The molecule has 7 heteroatoms. The lowest BCUT2D eigenvalue weighted by Gasteiger charge is -2.01. The maximum atomic E-state index is 12.0. The summed E-state index contributed by atoms with van der Waals surface area (Å²) >= 11 is 4.97. The van der Waals surface area contributed by atoms with E-state index >= 15 is 0 Å². The van der Waals surface area contributed by atoms with Crippen LogP contribution in [0, 0.1) is 0 Å². The molecule has 1 heterocycles. The van der Waals surface area contributed by atoms with E-state index in [0.29, 0.717) is 17.1 Å². The Balaban J connectivity index is 1.61. The minimum atomic E-state index is -0.312. The van der Waals surface area contributed by atoms with E-state index in [1.54, 1.807) is 37.4 Å². The van der Waals surface area contributed by atoms with Crippen LogP contribution in [0.3, 0.4) is 0 Å². The smallest absolute Gasteiger partial charge is 0.271 e. The monoisotopic (exact) mass is 430 g/mol. The summed E-state index contributed by atoms with van der Waals surface area (Å²) in [5.74, 6) is 0.910. The van der Waals surface area contributed by atoms with E-state index in [0.717, 1.165) is 14.5 Å². The van der Waals surface area contributed by atoms with Gasteiger partial charge in [-0.1, -0.05) is 30.0 Å². The lowest BCUT2D eigenvalue weighted by molar-refractivity contribution is 0.0955. The molecule has 26 heavy (non-hydrogen) atoms. The van der Waals surface area contributed by atoms with E-state index in [2.05, 4.69) is 26.5 Å². The average molecular weight is 431 g/mol. The zero-order valence-electron chi connectivity index (χ0n) is 13.8. The summed E-state index contributed by atoms with van der Waals surface area (Å²) in [6, 6.07) is 18.5. The van der Waals surface area contributed by atoms with Crippen LogP contribution in [0.4, 0.5) is 0 Å². The maximum Gasteiger partial charge on any atom is 0.271 e. The number of hydrazone groups is 1. The first-order chi connectivity index (χ1) is 12.7. The van der Waals surface area contributed by atoms with Gasteiger partial charge in [0, 0.05) is 16.5 Å². The van der Waals surface area contributed by atoms with Crippen LogP contribution in [0.25, 0.3) is 0 Å². The van der Waals surface area contributed by atoms with Crippen molar-refractivity contribution in [1.29, 1.82) is 0 Å². The third kappa shape index (κ3) is 4.77. The van der Waals surface area contributed by atoms with Crippen molar-refractivity contribution in [3.05, 3.63) is 76.5 Å². The summed E-state index contributed by atoms with van der Waals surface area (Å²) in [5.41, 5.74) is 2.96. The molecule has 0 aliphatic carbocycles. The summed E-state index contributed by atoms with van der Waals surface area (Å²) in [6.45, 7) is 0. The van der Waals surface area contributed by atoms with Crippen molar-refractivity contribution in [2.24, 2.45) is 5.10 Å². The van der Waals surface area contributed by atoms with Crippen LogP contribution in [-0.4, -0.2) is 19.2 Å². The van der Waals surface area contributed by atoms with Crippen LogP contribution in [0.2, 0.25) is 0 Å². The Hall–Kier alpha value is -2.51. The summed E-state index contributed by atoms with van der Waals surface area (Å²) < 4.78 is 11.6. The van der Waals surface area contributed by atoms with Gasteiger partial charge in [-0.2, -0.15) is 5.10 Å². The SMILES string of the molecule is COc1ccc(C(=O)N/N=C\c2cc(Br)c(Sc3ccccc3)o2)cc1. The molecule has 5 nitrogen and oxygen atoms in total. The highest BCUT2D eigenvalue weighted by molar-refractivity contribution is 9.10. The van der Waals surface area contributed by atoms with Gasteiger partial charge in [-0.05, 0) is 52.3 Å². The van der Waals surface area contributed by atoms with Crippen molar-refractivity contribution in [1.82, 2.24) is 5.43 Å². The molecule has 1 aromatic heterocycles. The summed E-state index contributed by atoms with van der Waals surface area (Å²) in [7, 11) is 1.57. The first kappa shape index (κ1) is 18.3. The second-order valence-corrected chi connectivity index (χ2v) is 7.03. The van der Waals surface area contributed by atoms with E-state index in [-0.39, 0.29) is 5.91 Å². The molecule has 0 radical (unpaired) electrons.